The Bertz CT molecular complexity index is 1200. The molecule has 0 bridgehead atoms. The number of hydrogen-bond donors (Lipinski definition) is 2. The molecule has 0 spiro atoms. The number of benzene rings is 2. The minimum absolute atomic E-state index is 0.116. The van der Waals surface area contributed by atoms with Gasteiger partial charge >= 0.3 is 12.3 Å². The summed E-state index contributed by atoms with van der Waals surface area (Å²) < 4.78 is 89.7. The second-order valence-corrected chi connectivity index (χ2v) is 7.83. The van der Waals surface area contributed by atoms with Crippen LogP contribution in [-0.2, 0) is 13.1 Å². The maximum Gasteiger partial charge on any atom is 0.412 e. The Morgan fingerprint density at radius 3 is 2.26 bits per heavy atom. The summed E-state index contributed by atoms with van der Waals surface area (Å²) in [6, 6.07) is 4.46. The number of ether oxygens (including phenoxy) is 2. The molecule has 2 N–H and O–H groups in total. The van der Waals surface area contributed by atoms with Gasteiger partial charge in [0.1, 0.15) is 18.2 Å². The van der Waals surface area contributed by atoms with Crippen LogP contribution >= 0.6 is 15.9 Å². The fraction of sp³-hybridized carbons (Fsp3) is 0.238. The lowest BCUT2D eigenvalue weighted by Crippen LogP contribution is -2.35. The van der Waals surface area contributed by atoms with E-state index in [4.69, 9.17) is 9.47 Å². The molecule has 0 saturated heterocycles. The number of alkyl halides is 3. The third-order valence-electron chi connectivity index (χ3n) is 4.56. The summed E-state index contributed by atoms with van der Waals surface area (Å²) in [6.45, 7) is -2.14. The first-order chi connectivity index (χ1) is 16.0. The monoisotopic (exact) mass is 551 g/mol. The Kier molecular flexibility index (Phi) is 7.87. The summed E-state index contributed by atoms with van der Waals surface area (Å²) >= 11 is 2.98. The molecular weight excluding hydrogens is 536 g/mol. The van der Waals surface area contributed by atoms with Gasteiger partial charge in [0.05, 0.1) is 18.8 Å². The van der Waals surface area contributed by atoms with E-state index in [-0.39, 0.29) is 51.1 Å². The van der Waals surface area contributed by atoms with E-state index >= 15 is 0 Å². The van der Waals surface area contributed by atoms with Gasteiger partial charge in [-0.3, -0.25) is 4.98 Å². The van der Waals surface area contributed by atoms with E-state index in [0.717, 1.165) is 24.4 Å². The van der Waals surface area contributed by atoms with Crippen LogP contribution in [0, 0.1) is 17.5 Å². The molecule has 2 aromatic carbocycles. The van der Waals surface area contributed by atoms with Crippen molar-refractivity contribution in [3.63, 3.8) is 0 Å². The van der Waals surface area contributed by atoms with Crippen LogP contribution in [-0.4, -0.2) is 30.9 Å². The maximum absolute atomic E-state index is 14.4. The molecular formula is C21H16BrF6N3O3. The van der Waals surface area contributed by atoms with Crippen molar-refractivity contribution in [2.45, 2.75) is 19.3 Å². The molecule has 0 fully saturated rings. The first-order valence-corrected chi connectivity index (χ1v) is 10.3. The number of rotatable bonds is 7. The zero-order valence-corrected chi connectivity index (χ0v) is 18.9. The number of amides is 1. The van der Waals surface area contributed by atoms with Crippen LogP contribution in [0.1, 0.15) is 11.1 Å². The van der Waals surface area contributed by atoms with Crippen LogP contribution in [0.5, 0.6) is 11.5 Å². The van der Waals surface area contributed by atoms with E-state index in [0.29, 0.717) is 0 Å². The van der Waals surface area contributed by atoms with Crippen molar-refractivity contribution >= 4 is 32.9 Å². The Balaban J connectivity index is 1.91. The highest BCUT2D eigenvalue weighted by molar-refractivity contribution is 9.10. The number of aromatic nitrogens is 1. The summed E-state index contributed by atoms with van der Waals surface area (Å²) in [4.78, 5) is 15.9. The van der Waals surface area contributed by atoms with E-state index in [1.165, 1.54) is 13.2 Å². The zero-order valence-electron chi connectivity index (χ0n) is 17.3. The fourth-order valence-corrected chi connectivity index (χ4v) is 3.42. The number of nitrogens with zero attached hydrogens (tertiary/aromatic N) is 1. The number of fused-ring (bicyclic) bond motifs is 1. The number of hydrogen-bond acceptors (Lipinski definition) is 5. The van der Waals surface area contributed by atoms with Crippen LogP contribution < -0.4 is 20.1 Å². The molecule has 0 aliphatic carbocycles. The van der Waals surface area contributed by atoms with Crippen molar-refractivity contribution in [2.24, 2.45) is 0 Å². The average Bonchev–Trinajstić information content (AvgIpc) is 2.74. The maximum atomic E-state index is 14.4. The van der Waals surface area contributed by atoms with Crippen molar-refractivity contribution in [1.82, 2.24) is 15.6 Å². The van der Waals surface area contributed by atoms with Crippen molar-refractivity contribution in [1.29, 1.82) is 0 Å². The molecule has 3 aromatic rings. The molecule has 182 valence electrons. The number of pyridine rings is 1. The molecule has 13 heteroatoms. The molecule has 0 saturated carbocycles. The van der Waals surface area contributed by atoms with E-state index in [2.05, 4.69) is 26.2 Å². The highest BCUT2D eigenvalue weighted by Crippen LogP contribution is 2.31. The van der Waals surface area contributed by atoms with Crippen LogP contribution in [0.4, 0.5) is 31.1 Å². The third-order valence-corrected chi connectivity index (χ3v) is 5.02. The van der Waals surface area contributed by atoms with Crippen LogP contribution in [0.2, 0.25) is 0 Å². The molecule has 1 heterocycles. The van der Waals surface area contributed by atoms with Gasteiger partial charge in [0.2, 0.25) is 0 Å². The first-order valence-electron chi connectivity index (χ1n) is 9.50. The van der Waals surface area contributed by atoms with Gasteiger partial charge in [-0.15, -0.1) is 0 Å². The zero-order chi connectivity index (χ0) is 25.0. The minimum atomic E-state index is -4.66. The van der Waals surface area contributed by atoms with Crippen LogP contribution in [0.25, 0.3) is 10.9 Å². The SMILES string of the molecule is COc1cc2ncc(OC(=O)NCC(F)(F)F)c(CNCc3c(F)cc(Br)cc3F)c2cc1F. The molecule has 1 amide bonds. The van der Waals surface area contributed by atoms with Crippen LogP contribution in [0.3, 0.4) is 0 Å². The smallest absolute Gasteiger partial charge is 0.412 e. The fourth-order valence-electron chi connectivity index (χ4n) is 3.02. The summed E-state index contributed by atoms with van der Waals surface area (Å²) in [6.07, 6.45) is -5.02. The summed E-state index contributed by atoms with van der Waals surface area (Å²) in [5, 5.41) is 4.45. The topological polar surface area (TPSA) is 72.5 Å². The lowest BCUT2D eigenvalue weighted by molar-refractivity contribution is -0.123. The minimum Gasteiger partial charge on any atom is -0.494 e. The lowest BCUT2D eigenvalue weighted by atomic mass is 10.1. The molecule has 34 heavy (non-hydrogen) atoms. The average molecular weight is 552 g/mol. The number of nitrogens with one attached hydrogen (secondary N) is 2. The molecule has 0 aliphatic heterocycles. The number of methoxy groups -OCH3 is 1. The van der Waals surface area contributed by atoms with Gasteiger partial charge in [-0.2, -0.15) is 13.2 Å². The normalized spacial score (nSPS) is 11.5. The van der Waals surface area contributed by atoms with Crippen molar-refractivity contribution in [2.75, 3.05) is 13.7 Å². The molecule has 3 rings (SSSR count). The lowest BCUT2D eigenvalue weighted by Gasteiger charge is -2.15. The quantitative estimate of drug-likeness (QED) is 0.386. The van der Waals surface area contributed by atoms with Crippen LogP contribution in [0.15, 0.2) is 34.9 Å². The van der Waals surface area contributed by atoms with Crippen molar-refractivity contribution in [3.8, 4) is 11.5 Å². The molecule has 0 unspecified atom stereocenters. The largest absolute Gasteiger partial charge is 0.494 e. The molecule has 1 aromatic heterocycles. The highest BCUT2D eigenvalue weighted by atomic mass is 79.9. The van der Waals surface area contributed by atoms with E-state index in [1.807, 2.05) is 0 Å². The number of carbonyl (C=O) groups is 1. The van der Waals surface area contributed by atoms with Gasteiger partial charge in [-0.25, -0.2) is 18.0 Å². The summed E-state index contributed by atoms with van der Waals surface area (Å²) in [7, 11) is 1.25. The van der Waals surface area contributed by atoms with E-state index in [1.54, 1.807) is 5.32 Å². The Morgan fingerprint density at radius 1 is 1.00 bits per heavy atom. The second-order valence-electron chi connectivity index (χ2n) is 6.91. The molecule has 0 aliphatic rings. The number of carbonyl (C=O) groups excluding carboxylic acids is 1. The number of halogens is 7. The first kappa shape index (κ1) is 25.6. The van der Waals surface area contributed by atoms with Gasteiger partial charge in [0.15, 0.2) is 17.3 Å². The highest BCUT2D eigenvalue weighted by Gasteiger charge is 2.28. The van der Waals surface area contributed by atoms with Crippen molar-refractivity contribution < 1.29 is 40.6 Å². The van der Waals surface area contributed by atoms with Gasteiger partial charge in [0, 0.05) is 40.1 Å². The van der Waals surface area contributed by atoms with Gasteiger partial charge < -0.3 is 20.1 Å². The Labute approximate surface area is 197 Å². The van der Waals surface area contributed by atoms with Gasteiger partial charge in [-0.05, 0) is 18.2 Å². The van der Waals surface area contributed by atoms with E-state index < -0.39 is 36.3 Å². The predicted molar refractivity (Wildman–Crippen MR) is 113 cm³/mol. The molecule has 0 radical (unpaired) electrons. The third kappa shape index (κ3) is 6.29. The Morgan fingerprint density at radius 2 is 1.65 bits per heavy atom. The summed E-state index contributed by atoms with van der Waals surface area (Å²) in [5.74, 6) is -2.81. The van der Waals surface area contributed by atoms with Gasteiger partial charge in [0.25, 0.3) is 0 Å². The second kappa shape index (κ2) is 10.5. The molecule has 6 nitrogen and oxygen atoms in total. The van der Waals surface area contributed by atoms with Crippen molar-refractivity contribution in [3.05, 3.63) is 63.5 Å². The Hall–Kier alpha value is -3.06. The van der Waals surface area contributed by atoms with E-state index in [9.17, 15) is 31.1 Å². The summed E-state index contributed by atoms with van der Waals surface area (Å²) in [5.41, 5.74) is 0.0607. The van der Waals surface area contributed by atoms with Gasteiger partial charge in [-0.1, -0.05) is 15.9 Å². The standard InChI is InChI=1S/C21H16BrF6N3O3/c1-33-18-5-17-11(4-16(18)25)12(6-29-7-13-14(23)2-10(22)3-15(13)24)19(8-30-17)34-20(32)31-9-21(26,27)28/h2-5,8,29H,6-7,9H2,1H3,(H,31,32). The molecule has 0 atom stereocenters. The predicted octanol–water partition coefficient (Wildman–Crippen LogP) is 5.36.